The molecule has 2 unspecified atom stereocenters. The Morgan fingerprint density at radius 1 is 1.26 bits per heavy atom. The molecule has 0 saturated heterocycles. The second-order valence-electron chi connectivity index (χ2n) is 6.10. The molecule has 1 aromatic heterocycles. The molecule has 0 bridgehead atoms. The summed E-state index contributed by atoms with van der Waals surface area (Å²) in [5.41, 5.74) is 0.910. The minimum Gasteiger partial charge on any atom is -0.380 e. The summed E-state index contributed by atoms with van der Waals surface area (Å²) in [7, 11) is 4.13. The lowest BCUT2D eigenvalue weighted by Gasteiger charge is -2.37. The molecule has 2 atom stereocenters. The van der Waals surface area contributed by atoms with Crippen LogP contribution in [0.4, 0.5) is 0 Å². The third-order valence-electron chi connectivity index (χ3n) is 4.30. The van der Waals surface area contributed by atoms with E-state index >= 15 is 0 Å². The van der Waals surface area contributed by atoms with E-state index in [4.69, 9.17) is 0 Å². The highest BCUT2D eigenvalue weighted by molar-refractivity contribution is 7.99. The molecular weight excluding hydrogens is 328 g/mol. The molecule has 0 amide bonds. The first-order valence-electron chi connectivity index (χ1n) is 7.62. The van der Waals surface area contributed by atoms with Crippen molar-refractivity contribution in [3.05, 3.63) is 59.9 Å². The van der Waals surface area contributed by atoms with Gasteiger partial charge in [-0.05, 0) is 38.4 Å². The van der Waals surface area contributed by atoms with E-state index in [-0.39, 0.29) is 18.3 Å². The number of aliphatic hydroxyl groups is 1. The smallest absolute Gasteiger partial charge is 0.121 e. The van der Waals surface area contributed by atoms with Crippen molar-refractivity contribution in [1.29, 1.82) is 0 Å². The first-order chi connectivity index (χ1) is 10.6. The minimum atomic E-state index is -0.987. The largest absolute Gasteiger partial charge is 0.380 e. The fourth-order valence-corrected chi connectivity index (χ4v) is 4.47. The first kappa shape index (κ1) is 18.3. The molecule has 1 aliphatic rings. The maximum atomic E-state index is 11.8. The van der Waals surface area contributed by atoms with Crippen molar-refractivity contribution in [3.63, 3.8) is 0 Å². The summed E-state index contributed by atoms with van der Waals surface area (Å²) in [4.78, 5) is 7.58. The molecule has 3 rings (SSSR count). The van der Waals surface area contributed by atoms with Crippen LogP contribution in [0.15, 0.2) is 53.7 Å². The number of rotatable bonds is 3. The molecule has 0 radical (unpaired) electrons. The SMILES string of the molecule is CN(C)CC1CCSc2ccccc2C1(O)c1cccnc1.Cl. The standard InChI is InChI=1S/C18H22N2OS.ClH/c1-20(2)13-15-9-11-22-17-8-4-3-7-16(17)18(15,21)14-6-5-10-19-12-14;/h3-8,10,12,15,21H,9,11,13H2,1-2H3;1H. The number of aromatic nitrogens is 1. The number of fused-ring (bicyclic) bond motifs is 1. The van der Waals surface area contributed by atoms with Crippen LogP contribution in [0.3, 0.4) is 0 Å². The van der Waals surface area contributed by atoms with Gasteiger partial charge >= 0.3 is 0 Å². The van der Waals surface area contributed by atoms with Gasteiger partial charge in [-0.3, -0.25) is 4.98 Å². The quantitative estimate of drug-likeness (QED) is 0.920. The number of thioether (sulfide) groups is 1. The average molecular weight is 351 g/mol. The molecule has 3 nitrogen and oxygen atoms in total. The van der Waals surface area contributed by atoms with E-state index < -0.39 is 5.60 Å². The van der Waals surface area contributed by atoms with Gasteiger partial charge in [0.05, 0.1) is 0 Å². The van der Waals surface area contributed by atoms with Crippen LogP contribution in [-0.4, -0.2) is 41.4 Å². The summed E-state index contributed by atoms with van der Waals surface area (Å²) in [6.45, 7) is 0.848. The zero-order chi connectivity index (χ0) is 15.6. The number of nitrogens with zero attached hydrogens (tertiary/aromatic N) is 2. The van der Waals surface area contributed by atoms with Gasteiger partial charge in [-0.2, -0.15) is 0 Å². The molecule has 2 heterocycles. The summed E-state index contributed by atoms with van der Waals surface area (Å²) >= 11 is 1.84. The molecule has 1 aromatic carbocycles. The van der Waals surface area contributed by atoms with Crippen LogP contribution >= 0.6 is 24.2 Å². The van der Waals surface area contributed by atoms with Gasteiger partial charge in [0.15, 0.2) is 0 Å². The Hall–Kier alpha value is -1.07. The van der Waals surface area contributed by atoms with Crippen LogP contribution in [0.2, 0.25) is 0 Å². The molecule has 1 N–H and O–H groups in total. The summed E-state index contributed by atoms with van der Waals surface area (Å²) in [6.07, 6.45) is 4.53. The van der Waals surface area contributed by atoms with Crippen LogP contribution in [0.25, 0.3) is 0 Å². The van der Waals surface area contributed by atoms with Gasteiger partial charge in [0.1, 0.15) is 5.60 Å². The Kier molecular flexibility index (Phi) is 6.09. The van der Waals surface area contributed by atoms with E-state index in [0.717, 1.165) is 29.8 Å². The molecule has 5 heteroatoms. The van der Waals surface area contributed by atoms with Crippen molar-refractivity contribution in [3.8, 4) is 0 Å². The topological polar surface area (TPSA) is 36.4 Å². The third-order valence-corrected chi connectivity index (χ3v) is 5.41. The fourth-order valence-electron chi connectivity index (χ4n) is 3.29. The fraction of sp³-hybridized carbons (Fsp3) is 0.389. The normalized spacial score (nSPS) is 23.7. The van der Waals surface area contributed by atoms with E-state index in [9.17, 15) is 5.11 Å². The number of hydrogen-bond donors (Lipinski definition) is 1. The van der Waals surface area contributed by atoms with E-state index in [1.54, 1.807) is 12.4 Å². The molecule has 0 saturated carbocycles. The lowest BCUT2D eigenvalue weighted by atomic mass is 9.75. The van der Waals surface area contributed by atoms with Gasteiger partial charge in [0, 0.05) is 40.9 Å². The number of halogens is 1. The van der Waals surface area contributed by atoms with Crippen LogP contribution in [0.5, 0.6) is 0 Å². The zero-order valence-corrected chi connectivity index (χ0v) is 15.1. The number of benzene rings is 1. The molecule has 2 aromatic rings. The van der Waals surface area contributed by atoms with Crippen molar-refractivity contribution in [1.82, 2.24) is 9.88 Å². The van der Waals surface area contributed by atoms with Gasteiger partial charge in [-0.1, -0.05) is 24.3 Å². The second-order valence-corrected chi connectivity index (χ2v) is 7.24. The highest BCUT2D eigenvalue weighted by Crippen LogP contribution is 2.46. The van der Waals surface area contributed by atoms with Crippen molar-refractivity contribution in [2.45, 2.75) is 16.9 Å². The summed E-state index contributed by atoms with van der Waals surface area (Å²) < 4.78 is 0. The lowest BCUT2D eigenvalue weighted by Crippen LogP contribution is -2.41. The van der Waals surface area contributed by atoms with Crippen LogP contribution in [0.1, 0.15) is 17.5 Å². The Labute approximate surface area is 148 Å². The van der Waals surface area contributed by atoms with Crippen molar-refractivity contribution >= 4 is 24.2 Å². The molecule has 0 fully saturated rings. The van der Waals surface area contributed by atoms with Gasteiger partial charge in [0.25, 0.3) is 0 Å². The minimum absolute atomic E-state index is 0. The molecule has 1 aliphatic heterocycles. The predicted octanol–water partition coefficient (Wildman–Crippen LogP) is 3.41. The van der Waals surface area contributed by atoms with Crippen LogP contribution < -0.4 is 0 Å². The van der Waals surface area contributed by atoms with Gasteiger partial charge in [-0.15, -0.1) is 24.2 Å². The molecule has 124 valence electrons. The van der Waals surface area contributed by atoms with Crippen molar-refractivity contribution in [2.75, 3.05) is 26.4 Å². The second kappa shape index (κ2) is 7.67. The predicted molar refractivity (Wildman–Crippen MR) is 98.3 cm³/mol. The lowest BCUT2D eigenvalue weighted by molar-refractivity contribution is 0.00238. The van der Waals surface area contributed by atoms with E-state index in [2.05, 4.69) is 36.1 Å². The molecule has 0 aliphatic carbocycles. The Morgan fingerprint density at radius 3 is 2.74 bits per heavy atom. The monoisotopic (exact) mass is 350 g/mol. The highest BCUT2D eigenvalue weighted by atomic mass is 35.5. The molecule has 0 spiro atoms. The van der Waals surface area contributed by atoms with Crippen LogP contribution in [0, 0.1) is 5.92 Å². The van der Waals surface area contributed by atoms with Crippen molar-refractivity contribution in [2.24, 2.45) is 5.92 Å². The van der Waals surface area contributed by atoms with Crippen molar-refractivity contribution < 1.29 is 5.11 Å². The summed E-state index contributed by atoms with van der Waals surface area (Å²) in [6, 6.07) is 12.1. The summed E-state index contributed by atoms with van der Waals surface area (Å²) in [5, 5.41) is 11.8. The Balaban J connectivity index is 0.00000192. The number of hydrogen-bond acceptors (Lipinski definition) is 4. The summed E-state index contributed by atoms with van der Waals surface area (Å²) in [5.74, 6) is 1.17. The van der Waals surface area contributed by atoms with E-state index in [0.29, 0.717) is 0 Å². The third kappa shape index (κ3) is 3.56. The van der Waals surface area contributed by atoms with Gasteiger partial charge < -0.3 is 10.0 Å². The zero-order valence-electron chi connectivity index (χ0n) is 13.5. The molecular formula is C18H23ClN2OS. The maximum absolute atomic E-state index is 11.8. The van der Waals surface area contributed by atoms with Crippen LogP contribution in [-0.2, 0) is 5.60 Å². The Bertz CT molecular complexity index is 638. The first-order valence-corrected chi connectivity index (χ1v) is 8.61. The Morgan fingerprint density at radius 2 is 2.04 bits per heavy atom. The van der Waals surface area contributed by atoms with Gasteiger partial charge in [0.2, 0.25) is 0 Å². The highest BCUT2D eigenvalue weighted by Gasteiger charge is 2.43. The van der Waals surface area contributed by atoms with E-state index in [1.165, 1.54) is 4.90 Å². The maximum Gasteiger partial charge on any atom is 0.121 e. The molecule has 23 heavy (non-hydrogen) atoms. The van der Waals surface area contributed by atoms with Gasteiger partial charge in [-0.25, -0.2) is 0 Å². The average Bonchev–Trinajstić information content (AvgIpc) is 2.67. The van der Waals surface area contributed by atoms with E-state index in [1.807, 2.05) is 36.0 Å². The number of pyridine rings is 1.